The molecule has 8 heteroatoms. The highest BCUT2D eigenvalue weighted by Crippen LogP contribution is 2.36. The molecule has 2 N–H and O–H groups in total. The molecule has 1 saturated carbocycles. The van der Waals surface area contributed by atoms with E-state index >= 15 is 0 Å². The van der Waals surface area contributed by atoms with Crippen LogP contribution in [-0.2, 0) is 11.0 Å². The Labute approximate surface area is 117 Å². The number of alkyl halides is 3. The molecule has 0 heterocycles. The van der Waals surface area contributed by atoms with Crippen LogP contribution in [0.4, 0.5) is 23.7 Å². The minimum Gasteiger partial charge on any atom is -0.307 e. The van der Waals surface area contributed by atoms with Crippen LogP contribution in [0.15, 0.2) is 18.2 Å². The first-order valence-corrected chi connectivity index (χ1v) is 6.14. The molecule has 0 saturated heterocycles. The van der Waals surface area contributed by atoms with Crippen LogP contribution in [0.1, 0.15) is 18.4 Å². The maximum atomic E-state index is 12.8. The minimum atomic E-state index is -4.66. The third kappa shape index (κ3) is 3.63. The second-order valence-corrected chi connectivity index (χ2v) is 4.84. The topological polar surface area (TPSA) is 58.2 Å². The number of hydrogen-bond acceptors (Lipinski definition) is 2. The van der Waals surface area contributed by atoms with Crippen LogP contribution in [-0.4, -0.2) is 11.9 Å². The van der Waals surface area contributed by atoms with Crippen molar-refractivity contribution < 1.29 is 22.8 Å². The Bertz CT molecular complexity index is 556. The van der Waals surface area contributed by atoms with Gasteiger partial charge in [-0.2, -0.15) is 13.2 Å². The summed E-state index contributed by atoms with van der Waals surface area (Å²) >= 11 is 5.51. The number of hydrogen-bond donors (Lipinski definition) is 2. The van der Waals surface area contributed by atoms with Gasteiger partial charge < -0.3 is 5.32 Å². The van der Waals surface area contributed by atoms with Crippen LogP contribution in [0.25, 0.3) is 0 Å². The highest BCUT2D eigenvalue weighted by Gasteiger charge is 2.35. The molecule has 2 rings (SSSR count). The van der Waals surface area contributed by atoms with Crippen molar-refractivity contribution in [2.75, 3.05) is 5.32 Å². The summed E-state index contributed by atoms with van der Waals surface area (Å²) < 4.78 is 38.3. The Kier molecular flexibility index (Phi) is 3.89. The minimum absolute atomic E-state index is 0.0997. The number of urea groups is 1. The first kappa shape index (κ1) is 14.6. The van der Waals surface area contributed by atoms with Gasteiger partial charge in [-0.05, 0) is 31.0 Å². The lowest BCUT2D eigenvalue weighted by molar-refractivity contribution is -0.136. The number of benzene rings is 1. The van der Waals surface area contributed by atoms with Crippen molar-refractivity contribution in [3.05, 3.63) is 28.8 Å². The van der Waals surface area contributed by atoms with Gasteiger partial charge in [0.25, 0.3) is 0 Å². The van der Waals surface area contributed by atoms with Gasteiger partial charge >= 0.3 is 12.2 Å². The largest absolute Gasteiger partial charge is 0.418 e. The van der Waals surface area contributed by atoms with E-state index in [4.69, 9.17) is 11.6 Å². The van der Waals surface area contributed by atoms with E-state index in [9.17, 15) is 22.8 Å². The lowest BCUT2D eigenvalue weighted by Gasteiger charge is -2.14. The first-order chi connectivity index (χ1) is 9.27. The van der Waals surface area contributed by atoms with E-state index in [-0.39, 0.29) is 10.9 Å². The van der Waals surface area contributed by atoms with E-state index in [2.05, 4.69) is 0 Å². The second kappa shape index (κ2) is 5.32. The van der Waals surface area contributed by atoms with Gasteiger partial charge in [-0.1, -0.05) is 11.6 Å². The number of anilines is 1. The molecule has 0 aromatic heterocycles. The molecular formula is C12H10ClF3N2O2. The van der Waals surface area contributed by atoms with Crippen LogP contribution < -0.4 is 10.6 Å². The van der Waals surface area contributed by atoms with Gasteiger partial charge in [0.1, 0.15) is 0 Å². The van der Waals surface area contributed by atoms with Crippen molar-refractivity contribution in [1.29, 1.82) is 0 Å². The van der Waals surface area contributed by atoms with E-state index in [1.54, 1.807) is 0 Å². The molecule has 3 amide bonds. The van der Waals surface area contributed by atoms with Gasteiger partial charge in [-0.15, -0.1) is 0 Å². The smallest absolute Gasteiger partial charge is 0.307 e. The molecule has 1 aromatic rings. The number of nitrogens with one attached hydrogen (secondary N) is 2. The van der Waals surface area contributed by atoms with Crippen LogP contribution >= 0.6 is 11.6 Å². The number of rotatable bonds is 2. The molecule has 0 bridgehead atoms. The fraction of sp³-hybridized carbons (Fsp3) is 0.333. The summed E-state index contributed by atoms with van der Waals surface area (Å²) in [4.78, 5) is 22.8. The van der Waals surface area contributed by atoms with Gasteiger partial charge in [0, 0.05) is 10.9 Å². The predicted octanol–water partition coefficient (Wildman–Crippen LogP) is 3.42. The Hall–Kier alpha value is -1.76. The van der Waals surface area contributed by atoms with Crippen LogP contribution in [0.2, 0.25) is 5.02 Å². The van der Waals surface area contributed by atoms with E-state index in [0.717, 1.165) is 6.07 Å². The second-order valence-electron chi connectivity index (χ2n) is 4.41. The molecule has 4 nitrogen and oxygen atoms in total. The fourth-order valence-corrected chi connectivity index (χ4v) is 1.75. The maximum Gasteiger partial charge on any atom is 0.418 e. The number of carbonyl (C=O) groups excluding carboxylic acids is 2. The zero-order chi connectivity index (χ0) is 14.9. The van der Waals surface area contributed by atoms with Gasteiger partial charge in [0.15, 0.2) is 0 Å². The summed E-state index contributed by atoms with van der Waals surface area (Å²) in [5.41, 5.74) is -1.53. The highest BCUT2D eigenvalue weighted by molar-refractivity contribution is 6.30. The molecule has 0 spiro atoms. The van der Waals surface area contributed by atoms with Gasteiger partial charge in [-0.3, -0.25) is 10.1 Å². The SMILES string of the molecule is O=C(NC(=O)C1CC1)Nc1ccc(Cl)cc1C(F)(F)F. The highest BCUT2D eigenvalue weighted by atomic mass is 35.5. The van der Waals surface area contributed by atoms with Crippen molar-refractivity contribution in [1.82, 2.24) is 5.32 Å². The molecule has 0 unspecified atom stereocenters. The molecule has 20 heavy (non-hydrogen) atoms. The fourth-order valence-electron chi connectivity index (χ4n) is 1.57. The van der Waals surface area contributed by atoms with E-state index in [1.807, 2.05) is 10.6 Å². The summed E-state index contributed by atoms with van der Waals surface area (Å²) in [7, 11) is 0. The Morgan fingerprint density at radius 2 is 1.90 bits per heavy atom. The normalized spacial score (nSPS) is 14.8. The molecule has 1 fully saturated rings. The summed E-state index contributed by atoms with van der Waals surface area (Å²) in [5.74, 6) is -0.696. The van der Waals surface area contributed by atoms with E-state index in [0.29, 0.717) is 18.9 Å². The Morgan fingerprint density at radius 3 is 2.45 bits per heavy atom. The van der Waals surface area contributed by atoms with E-state index in [1.165, 1.54) is 6.07 Å². The zero-order valence-electron chi connectivity index (χ0n) is 10.1. The maximum absolute atomic E-state index is 12.8. The lowest BCUT2D eigenvalue weighted by atomic mass is 10.1. The number of imide groups is 1. The number of amides is 3. The van der Waals surface area contributed by atoms with Crippen molar-refractivity contribution in [3.8, 4) is 0 Å². The average Bonchev–Trinajstić information content (AvgIpc) is 3.13. The van der Waals surface area contributed by atoms with Crippen molar-refractivity contribution >= 4 is 29.2 Å². The van der Waals surface area contributed by atoms with Crippen LogP contribution in [0.5, 0.6) is 0 Å². The molecule has 1 aromatic carbocycles. The summed E-state index contributed by atoms with van der Waals surface area (Å²) in [6.07, 6.45) is -3.28. The van der Waals surface area contributed by atoms with Crippen molar-refractivity contribution in [2.24, 2.45) is 5.92 Å². The number of halogens is 4. The summed E-state index contributed by atoms with van der Waals surface area (Å²) in [6.45, 7) is 0. The van der Waals surface area contributed by atoms with Gasteiger partial charge in [-0.25, -0.2) is 4.79 Å². The molecule has 1 aliphatic carbocycles. The Morgan fingerprint density at radius 1 is 1.25 bits per heavy atom. The lowest BCUT2D eigenvalue weighted by Crippen LogP contribution is -2.35. The third-order valence-corrected chi connectivity index (χ3v) is 2.96. The first-order valence-electron chi connectivity index (χ1n) is 5.76. The predicted molar refractivity (Wildman–Crippen MR) is 66.3 cm³/mol. The van der Waals surface area contributed by atoms with Crippen LogP contribution in [0, 0.1) is 5.92 Å². The Balaban J connectivity index is 2.12. The summed E-state index contributed by atoms with van der Waals surface area (Å²) in [6, 6.07) is 1.97. The van der Waals surface area contributed by atoms with Crippen molar-refractivity contribution in [3.63, 3.8) is 0 Å². The molecule has 0 aliphatic heterocycles. The molecule has 1 aliphatic rings. The summed E-state index contributed by atoms with van der Waals surface area (Å²) in [5, 5.41) is 3.90. The van der Waals surface area contributed by atoms with Crippen LogP contribution in [0.3, 0.4) is 0 Å². The zero-order valence-corrected chi connectivity index (χ0v) is 10.8. The van der Waals surface area contributed by atoms with Crippen molar-refractivity contribution in [2.45, 2.75) is 19.0 Å². The quantitative estimate of drug-likeness (QED) is 0.879. The molecular weight excluding hydrogens is 297 g/mol. The average molecular weight is 307 g/mol. The molecule has 108 valence electrons. The standard InChI is InChI=1S/C12H10ClF3N2O2/c13-7-3-4-9(8(5-7)12(14,15)16)17-11(20)18-10(19)6-1-2-6/h3-6H,1-2H2,(H2,17,18,19,20). The molecule has 0 radical (unpaired) electrons. The van der Waals surface area contributed by atoms with E-state index < -0.39 is 29.4 Å². The monoisotopic (exact) mass is 306 g/mol. The van der Waals surface area contributed by atoms with Gasteiger partial charge in [0.2, 0.25) is 5.91 Å². The third-order valence-electron chi connectivity index (χ3n) is 2.72. The molecule has 0 atom stereocenters. The number of carbonyl (C=O) groups is 2. The van der Waals surface area contributed by atoms with Gasteiger partial charge in [0.05, 0.1) is 11.3 Å².